The molecule has 4 nitrogen and oxygen atoms in total. The predicted octanol–water partition coefficient (Wildman–Crippen LogP) is 2.92. The van der Waals surface area contributed by atoms with Crippen LogP contribution in [0.4, 0.5) is 5.69 Å². The highest BCUT2D eigenvalue weighted by Crippen LogP contribution is 2.54. The number of anilines is 1. The van der Waals surface area contributed by atoms with Gasteiger partial charge in [0.2, 0.25) is 0 Å². The number of hydrogen-bond acceptors (Lipinski definition) is 3. The smallest absolute Gasteiger partial charge is 0.172 e. The van der Waals surface area contributed by atoms with Crippen molar-refractivity contribution in [2.45, 2.75) is 25.7 Å². The van der Waals surface area contributed by atoms with Gasteiger partial charge in [-0.1, -0.05) is 21.1 Å². The van der Waals surface area contributed by atoms with Crippen molar-refractivity contribution in [2.75, 3.05) is 18.0 Å². The third-order valence-corrected chi connectivity index (χ3v) is 4.96. The molecule has 0 unspecified atom stereocenters. The van der Waals surface area contributed by atoms with E-state index in [9.17, 15) is 0 Å². The van der Waals surface area contributed by atoms with Gasteiger partial charge >= 0.3 is 0 Å². The Morgan fingerprint density at radius 2 is 1.95 bits per heavy atom. The average molecular weight is 324 g/mol. The minimum absolute atomic E-state index is 0.175. The van der Waals surface area contributed by atoms with Crippen molar-refractivity contribution in [3.63, 3.8) is 0 Å². The summed E-state index contributed by atoms with van der Waals surface area (Å²) in [5.74, 6) is 0.175. The second-order valence-corrected chi connectivity index (χ2v) is 6.55. The lowest BCUT2D eigenvalue weighted by molar-refractivity contribution is 0.318. The Kier molecular flexibility index (Phi) is 3.17. The molecule has 0 amide bonds. The fourth-order valence-electron chi connectivity index (χ4n) is 2.94. The number of amidine groups is 1. The molecule has 1 heterocycles. The predicted molar refractivity (Wildman–Crippen MR) is 79.8 cm³/mol. The summed E-state index contributed by atoms with van der Waals surface area (Å²) in [6.45, 7) is 2.12. The van der Waals surface area contributed by atoms with Gasteiger partial charge in [-0.2, -0.15) is 0 Å². The number of piperidine rings is 1. The number of oxime groups is 1. The van der Waals surface area contributed by atoms with E-state index in [2.05, 4.69) is 32.1 Å². The van der Waals surface area contributed by atoms with Gasteiger partial charge in [0, 0.05) is 28.8 Å². The highest BCUT2D eigenvalue weighted by molar-refractivity contribution is 9.10. The van der Waals surface area contributed by atoms with Crippen LogP contribution in [0.1, 0.15) is 31.2 Å². The molecule has 0 radical (unpaired) electrons. The van der Waals surface area contributed by atoms with Gasteiger partial charge in [0.15, 0.2) is 5.84 Å². The van der Waals surface area contributed by atoms with Crippen LogP contribution in [0.5, 0.6) is 0 Å². The van der Waals surface area contributed by atoms with Gasteiger partial charge in [0.05, 0.1) is 0 Å². The molecule has 0 bridgehead atoms. The van der Waals surface area contributed by atoms with Crippen LogP contribution in [0.3, 0.4) is 0 Å². The molecule has 3 N–H and O–H groups in total. The van der Waals surface area contributed by atoms with Crippen molar-refractivity contribution in [2.24, 2.45) is 16.3 Å². The average Bonchev–Trinajstić information content (AvgIpc) is 3.18. The first-order valence-electron chi connectivity index (χ1n) is 6.66. The maximum atomic E-state index is 8.91. The van der Waals surface area contributed by atoms with E-state index in [1.807, 2.05) is 12.1 Å². The van der Waals surface area contributed by atoms with E-state index >= 15 is 0 Å². The summed E-state index contributed by atoms with van der Waals surface area (Å²) in [6.07, 6.45) is 5.31. The molecule has 5 heteroatoms. The maximum absolute atomic E-state index is 8.91. The topological polar surface area (TPSA) is 61.9 Å². The van der Waals surface area contributed by atoms with Crippen LogP contribution in [-0.4, -0.2) is 24.1 Å². The van der Waals surface area contributed by atoms with E-state index in [1.165, 1.54) is 25.7 Å². The number of rotatable bonds is 2. The van der Waals surface area contributed by atoms with E-state index in [0.717, 1.165) is 28.8 Å². The Morgan fingerprint density at radius 1 is 1.26 bits per heavy atom. The lowest BCUT2D eigenvalue weighted by Gasteiger charge is -2.35. The molecule has 3 rings (SSSR count). The zero-order valence-corrected chi connectivity index (χ0v) is 12.4. The van der Waals surface area contributed by atoms with Crippen LogP contribution in [-0.2, 0) is 0 Å². The zero-order chi connectivity index (χ0) is 13.5. The summed E-state index contributed by atoms with van der Waals surface area (Å²) in [5, 5.41) is 12.0. The van der Waals surface area contributed by atoms with Gasteiger partial charge in [-0.05, 0) is 49.3 Å². The molecule has 2 fully saturated rings. The number of nitrogens with zero attached hydrogens (tertiary/aromatic N) is 2. The van der Waals surface area contributed by atoms with Gasteiger partial charge in [-0.15, -0.1) is 0 Å². The molecule has 1 aromatic rings. The molecule has 1 aromatic carbocycles. The minimum Gasteiger partial charge on any atom is -0.409 e. The lowest BCUT2D eigenvalue weighted by Crippen LogP contribution is -2.35. The molecule has 0 atom stereocenters. The van der Waals surface area contributed by atoms with Crippen molar-refractivity contribution in [3.05, 3.63) is 28.2 Å². The molecular formula is C14H18BrN3O. The normalized spacial score (nSPS) is 21.7. The van der Waals surface area contributed by atoms with E-state index in [-0.39, 0.29) is 5.84 Å². The summed E-state index contributed by atoms with van der Waals surface area (Å²) < 4.78 is 1.02. The zero-order valence-electron chi connectivity index (χ0n) is 10.8. The third kappa shape index (κ3) is 2.43. The fourth-order valence-corrected chi connectivity index (χ4v) is 3.28. The molecule has 1 saturated carbocycles. The van der Waals surface area contributed by atoms with Crippen molar-refractivity contribution >= 4 is 27.5 Å². The molecule has 0 aromatic heterocycles. The van der Waals surface area contributed by atoms with Crippen molar-refractivity contribution < 1.29 is 5.21 Å². The first-order chi connectivity index (χ1) is 9.13. The van der Waals surface area contributed by atoms with Crippen LogP contribution in [0, 0.1) is 5.41 Å². The van der Waals surface area contributed by atoms with E-state index in [1.54, 1.807) is 0 Å². The molecule has 1 saturated heterocycles. The Hall–Kier alpha value is -1.23. The monoisotopic (exact) mass is 323 g/mol. The van der Waals surface area contributed by atoms with Gasteiger partial charge in [-0.25, -0.2) is 0 Å². The number of nitrogens with two attached hydrogens (primary N) is 1. The second-order valence-electron chi connectivity index (χ2n) is 5.63. The largest absolute Gasteiger partial charge is 0.409 e. The van der Waals surface area contributed by atoms with E-state index < -0.39 is 0 Å². The van der Waals surface area contributed by atoms with Crippen LogP contribution in [0.2, 0.25) is 0 Å². The van der Waals surface area contributed by atoms with Gasteiger partial charge < -0.3 is 15.8 Å². The molecular weight excluding hydrogens is 306 g/mol. The van der Waals surface area contributed by atoms with Crippen LogP contribution < -0.4 is 10.6 Å². The first-order valence-corrected chi connectivity index (χ1v) is 7.45. The van der Waals surface area contributed by atoms with Gasteiger partial charge in [-0.3, -0.25) is 0 Å². The van der Waals surface area contributed by atoms with E-state index in [0.29, 0.717) is 5.41 Å². The fraction of sp³-hybridized carbons (Fsp3) is 0.500. The standard InChI is InChI=1S/C14H18BrN3O/c15-10-1-2-11(13(16)17-19)12(9-10)18-7-5-14(3-4-14)6-8-18/h1-2,9,19H,3-8H2,(H2,16,17). The van der Waals surface area contributed by atoms with Crippen molar-refractivity contribution in [1.29, 1.82) is 0 Å². The van der Waals surface area contributed by atoms with Crippen molar-refractivity contribution in [3.8, 4) is 0 Å². The Balaban J connectivity index is 1.88. The number of hydrogen-bond donors (Lipinski definition) is 2. The highest BCUT2D eigenvalue weighted by Gasteiger charge is 2.44. The molecule has 1 spiro atoms. The maximum Gasteiger partial charge on any atom is 0.172 e. The third-order valence-electron chi connectivity index (χ3n) is 4.47. The summed E-state index contributed by atoms with van der Waals surface area (Å²) >= 11 is 3.50. The Labute approximate surface area is 121 Å². The first kappa shape index (κ1) is 12.8. The van der Waals surface area contributed by atoms with Crippen LogP contribution >= 0.6 is 15.9 Å². The quantitative estimate of drug-likeness (QED) is 0.381. The molecule has 1 aliphatic heterocycles. The Bertz CT molecular complexity index is 515. The van der Waals surface area contributed by atoms with Crippen LogP contribution in [0.25, 0.3) is 0 Å². The summed E-state index contributed by atoms with van der Waals surface area (Å²) in [7, 11) is 0. The SMILES string of the molecule is N/C(=N\O)c1ccc(Br)cc1N1CCC2(CC1)CC2. The number of benzene rings is 1. The van der Waals surface area contributed by atoms with Gasteiger partial charge in [0.25, 0.3) is 0 Å². The van der Waals surface area contributed by atoms with Crippen LogP contribution in [0.15, 0.2) is 27.8 Å². The molecule has 102 valence electrons. The molecule has 1 aliphatic carbocycles. The summed E-state index contributed by atoms with van der Waals surface area (Å²) in [6, 6.07) is 5.87. The molecule has 19 heavy (non-hydrogen) atoms. The summed E-state index contributed by atoms with van der Waals surface area (Å²) in [4.78, 5) is 2.35. The Morgan fingerprint density at radius 3 is 2.53 bits per heavy atom. The van der Waals surface area contributed by atoms with Crippen molar-refractivity contribution in [1.82, 2.24) is 0 Å². The molecule has 2 aliphatic rings. The lowest BCUT2D eigenvalue weighted by atomic mass is 9.93. The second kappa shape index (κ2) is 4.71. The van der Waals surface area contributed by atoms with Gasteiger partial charge in [0.1, 0.15) is 0 Å². The highest BCUT2D eigenvalue weighted by atomic mass is 79.9. The summed E-state index contributed by atoms with van der Waals surface area (Å²) in [5.41, 5.74) is 8.29. The minimum atomic E-state index is 0.175. The van der Waals surface area contributed by atoms with E-state index in [4.69, 9.17) is 10.9 Å². The number of halogens is 1.